The molecule has 0 aromatic rings. The summed E-state index contributed by atoms with van der Waals surface area (Å²) in [5.41, 5.74) is 0. The zero-order valence-corrected chi connectivity index (χ0v) is 10.4. The summed E-state index contributed by atoms with van der Waals surface area (Å²) >= 11 is 0. The minimum absolute atomic E-state index is 0.405. The van der Waals surface area contributed by atoms with Crippen LogP contribution >= 0.6 is 8.25 Å². The number of likely N-dealkylation sites (tertiary alicyclic amines) is 1. The number of hydrogen-bond acceptors (Lipinski definition) is 3. The molecule has 4 nitrogen and oxygen atoms in total. The zero-order chi connectivity index (χ0) is 11.3. The summed E-state index contributed by atoms with van der Waals surface area (Å²) in [4.78, 5) is 11.0. The molecule has 88 valence electrons. The van der Waals surface area contributed by atoms with E-state index in [0.29, 0.717) is 18.6 Å². The molecule has 1 aliphatic rings. The van der Waals surface area contributed by atoms with Gasteiger partial charge in [-0.05, 0) is 45.6 Å². The molecule has 0 bridgehead atoms. The van der Waals surface area contributed by atoms with Crippen LogP contribution in [0, 0.1) is 5.92 Å². The van der Waals surface area contributed by atoms with Gasteiger partial charge in [-0.1, -0.05) is 0 Å². The van der Waals surface area contributed by atoms with E-state index in [-0.39, 0.29) is 0 Å². The highest BCUT2D eigenvalue weighted by Crippen LogP contribution is 2.23. The number of hydrogen-bond donors (Lipinski definition) is 1. The van der Waals surface area contributed by atoms with Crippen LogP contribution < -0.4 is 0 Å². The average molecular weight is 234 g/mol. The average Bonchev–Trinajstić information content (AvgIpc) is 2.17. The Hall–Kier alpha value is -0.0200. The molecule has 0 aromatic carbocycles. The van der Waals surface area contributed by atoms with Gasteiger partial charge in [0.15, 0.2) is 0 Å². The largest absolute Gasteiger partial charge is 0.694 e. The highest BCUT2D eigenvalue weighted by atomic mass is 31.1. The van der Waals surface area contributed by atoms with E-state index in [4.69, 9.17) is 4.89 Å². The molecule has 0 radical (unpaired) electrons. The molecule has 1 fully saturated rings. The van der Waals surface area contributed by atoms with Gasteiger partial charge in [0, 0.05) is 17.2 Å². The smallest absolute Gasteiger partial charge is 0.301 e. The molecule has 0 aromatic heterocycles. The number of piperidine rings is 1. The summed E-state index contributed by atoms with van der Waals surface area (Å²) in [6, 6.07) is 0.600. The van der Waals surface area contributed by atoms with E-state index in [1.807, 2.05) is 0 Å². The van der Waals surface area contributed by atoms with Gasteiger partial charge in [0.2, 0.25) is 0 Å². The van der Waals surface area contributed by atoms with Gasteiger partial charge in [-0.3, -0.25) is 0 Å². The molecule has 0 saturated carbocycles. The van der Waals surface area contributed by atoms with E-state index in [2.05, 4.69) is 23.3 Å². The van der Waals surface area contributed by atoms with Crippen LogP contribution in [0.5, 0.6) is 0 Å². The Balaban J connectivity index is 2.21. The molecule has 0 amide bonds. The molecule has 0 spiro atoms. The molecular weight excluding hydrogens is 213 g/mol. The van der Waals surface area contributed by atoms with Crippen molar-refractivity contribution in [1.82, 2.24) is 4.90 Å². The summed E-state index contributed by atoms with van der Waals surface area (Å²) in [5, 5.41) is 0. The van der Waals surface area contributed by atoms with Crippen molar-refractivity contribution < 1.29 is 14.0 Å². The highest BCUT2D eigenvalue weighted by molar-refractivity contribution is 7.32. The molecular formula is C10H21NO3P+. The van der Waals surface area contributed by atoms with E-state index in [1.165, 1.54) is 19.4 Å². The van der Waals surface area contributed by atoms with Crippen molar-refractivity contribution in [2.75, 3.05) is 19.7 Å². The monoisotopic (exact) mass is 234 g/mol. The van der Waals surface area contributed by atoms with Crippen molar-refractivity contribution in [3.05, 3.63) is 0 Å². The quantitative estimate of drug-likeness (QED) is 0.740. The number of rotatable bonds is 5. The lowest BCUT2D eigenvalue weighted by Gasteiger charge is -2.35. The zero-order valence-electron chi connectivity index (χ0n) is 9.56. The predicted molar refractivity (Wildman–Crippen MR) is 59.8 cm³/mol. The lowest BCUT2D eigenvalue weighted by Crippen LogP contribution is -2.40. The Bertz CT molecular complexity index is 211. The lowest BCUT2D eigenvalue weighted by atomic mass is 9.94. The van der Waals surface area contributed by atoms with Gasteiger partial charge >= 0.3 is 8.25 Å². The van der Waals surface area contributed by atoms with Gasteiger partial charge < -0.3 is 4.90 Å². The van der Waals surface area contributed by atoms with Gasteiger partial charge in [-0.15, -0.1) is 9.42 Å². The molecule has 1 saturated heterocycles. The predicted octanol–water partition coefficient (Wildman–Crippen LogP) is 2.16. The first-order valence-corrected chi connectivity index (χ1v) is 6.75. The minimum Gasteiger partial charge on any atom is -0.301 e. The van der Waals surface area contributed by atoms with Crippen LogP contribution in [0.2, 0.25) is 0 Å². The Morgan fingerprint density at radius 3 is 2.93 bits per heavy atom. The van der Waals surface area contributed by atoms with Gasteiger partial charge in [-0.2, -0.15) is 0 Å². The third kappa shape index (κ3) is 5.03. The molecule has 1 aliphatic heterocycles. The van der Waals surface area contributed by atoms with Gasteiger partial charge in [0.05, 0.1) is 0 Å². The van der Waals surface area contributed by atoms with Crippen molar-refractivity contribution in [1.29, 1.82) is 0 Å². The van der Waals surface area contributed by atoms with E-state index in [9.17, 15) is 4.57 Å². The van der Waals surface area contributed by atoms with Crippen LogP contribution in [0.4, 0.5) is 0 Å². The lowest BCUT2D eigenvalue weighted by molar-refractivity contribution is 0.124. The fourth-order valence-electron chi connectivity index (χ4n) is 2.10. The van der Waals surface area contributed by atoms with Crippen LogP contribution in [-0.4, -0.2) is 35.5 Å². The molecule has 1 rings (SSSR count). The Morgan fingerprint density at radius 2 is 2.33 bits per heavy atom. The molecule has 15 heavy (non-hydrogen) atoms. The molecule has 2 atom stereocenters. The van der Waals surface area contributed by atoms with Crippen LogP contribution in [0.15, 0.2) is 0 Å². The first kappa shape index (κ1) is 13.0. The van der Waals surface area contributed by atoms with Gasteiger partial charge in [0.25, 0.3) is 0 Å². The summed E-state index contributed by atoms with van der Waals surface area (Å²) in [6.45, 7) is 7.11. The summed E-state index contributed by atoms with van der Waals surface area (Å²) in [7, 11) is -2.41. The Labute approximate surface area is 92.6 Å². The molecule has 1 heterocycles. The number of nitrogens with zero attached hydrogens (tertiary/aromatic N) is 1. The van der Waals surface area contributed by atoms with E-state index in [0.717, 1.165) is 13.0 Å². The van der Waals surface area contributed by atoms with Crippen LogP contribution in [0.3, 0.4) is 0 Å². The fraction of sp³-hybridized carbons (Fsp3) is 1.00. The Morgan fingerprint density at radius 1 is 1.60 bits per heavy atom. The van der Waals surface area contributed by atoms with E-state index >= 15 is 0 Å². The van der Waals surface area contributed by atoms with Crippen LogP contribution in [-0.2, 0) is 9.09 Å². The summed E-state index contributed by atoms with van der Waals surface area (Å²) < 4.78 is 15.0. The fourth-order valence-corrected chi connectivity index (χ4v) is 2.36. The van der Waals surface area contributed by atoms with Crippen LogP contribution in [0.1, 0.15) is 33.1 Å². The van der Waals surface area contributed by atoms with Crippen molar-refractivity contribution in [3.8, 4) is 0 Å². The van der Waals surface area contributed by atoms with Crippen molar-refractivity contribution in [3.63, 3.8) is 0 Å². The molecule has 2 unspecified atom stereocenters. The summed E-state index contributed by atoms with van der Waals surface area (Å²) in [5.74, 6) is 0.621. The third-order valence-electron chi connectivity index (χ3n) is 3.01. The maximum atomic E-state index is 10.3. The van der Waals surface area contributed by atoms with Crippen molar-refractivity contribution in [2.24, 2.45) is 5.92 Å². The SMILES string of the molecule is CC(C)N1CCCC(CCO[P+](=O)O)C1. The van der Waals surface area contributed by atoms with E-state index < -0.39 is 8.25 Å². The molecule has 1 N–H and O–H groups in total. The van der Waals surface area contributed by atoms with Crippen LogP contribution in [0.25, 0.3) is 0 Å². The first-order valence-electron chi connectivity index (χ1n) is 5.62. The second-order valence-electron chi connectivity index (χ2n) is 4.46. The maximum Gasteiger partial charge on any atom is 0.694 e. The molecule has 0 aliphatic carbocycles. The normalized spacial score (nSPS) is 24.5. The third-order valence-corrected chi connectivity index (χ3v) is 3.41. The second kappa shape index (κ2) is 6.54. The topological polar surface area (TPSA) is 49.8 Å². The summed E-state index contributed by atoms with van der Waals surface area (Å²) in [6.07, 6.45) is 3.34. The molecule has 5 heteroatoms. The maximum absolute atomic E-state index is 10.3. The van der Waals surface area contributed by atoms with Crippen molar-refractivity contribution >= 4 is 8.25 Å². The van der Waals surface area contributed by atoms with Gasteiger partial charge in [0.1, 0.15) is 6.61 Å². The standard InChI is InChI=1S/C10H20NO3P/c1-9(2)11-6-3-4-10(8-11)5-7-14-15(12)13/h9-10H,3-8H2,1-2H3/p+1. The Kier molecular flexibility index (Phi) is 5.69. The first-order chi connectivity index (χ1) is 7.09. The van der Waals surface area contributed by atoms with Gasteiger partial charge in [-0.25, -0.2) is 0 Å². The second-order valence-corrected chi connectivity index (χ2v) is 5.19. The van der Waals surface area contributed by atoms with Crippen molar-refractivity contribution in [2.45, 2.75) is 39.2 Å². The highest BCUT2D eigenvalue weighted by Gasteiger charge is 2.22. The minimum atomic E-state index is -2.41. The van der Waals surface area contributed by atoms with E-state index in [1.54, 1.807) is 0 Å².